The Bertz CT molecular complexity index is 1160. The molecule has 4 aromatic rings. The SMILES string of the molecule is C[C@@H]1COCCN1c1cc(-c2cccnc2N)c2ccnc(-c3ccn[nH]3)c2n1. The third kappa shape index (κ3) is 3.07. The van der Waals surface area contributed by atoms with Crippen molar-refractivity contribution >= 4 is 22.5 Å². The van der Waals surface area contributed by atoms with E-state index < -0.39 is 0 Å². The number of hydrogen-bond acceptors (Lipinski definition) is 7. The van der Waals surface area contributed by atoms with Crippen molar-refractivity contribution in [3.05, 3.63) is 48.9 Å². The molecule has 1 atom stereocenters. The summed E-state index contributed by atoms with van der Waals surface area (Å²) in [7, 11) is 0. The van der Waals surface area contributed by atoms with Crippen LogP contribution in [0.15, 0.2) is 48.9 Å². The summed E-state index contributed by atoms with van der Waals surface area (Å²) in [5.74, 6) is 1.36. The number of anilines is 2. The number of aromatic amines is 1. The first-order chi connectivity index (χ1) is 14.2. The van der Waals surface area contributed by atoms with Crippen molar-refractivity contribution in [2.24, 2.45) is 0 Å². The van der Waals surface area contributed by atoms with Crippen LogP contribution in [-0.4, -0.2) is 50.9 Å². The highest BCUT2D eigenvalue weighted by atomic mass is 16.5. The van der Waals surface area contributed by atoms with Gasteiger partial charge in [-0.15, -0.1) is 0 Å². The topological polar surface area (TPSA) is 106 Å². The van der Waals surface area contributed by atoms with E-state index in [4.69, 9.17) is 15.5 Å². The van der Waals surface area contributed by atoms with E-state index in [1.165, 1.54) is 0 Å². The van der Waals surface area contributed by atoms with E-state index >= 15 is 0 Å². The van der Waals surface area contributed by atoms with Crippen LogP contribution in [0.2, 0.25) is 0 Å². The second-order valence-corrected chi connectivity index (χ2v) is 7.11. The molecule has 0 aromatic carbocycles. The van der Waals surface area contributed by atoms with Gasteiger partial charge in [-0.25, -0.2) is 9.97 Å². The second-order valence-electron chi connectivity index (χ2n) is 7.11. The Labute approximate surface area is 167 Å². The van der Waals surface area contributed by atoms with Crippen molar-refractivity contribution in [1.29, 1.82) is 0 Å². The summed E-state index contributed by atoms with van der Waals surface area (Å²) in [5.41, 5.74) is 10.5. The first-order valence-electron chi connectivity index (χ1n) is 9.57. The molecule has 5 rings (SSSR count). The highest BCUT2D eigenvalue weighted by Crippen LogP contribution is 2.37. The van der Waals surface area contributed by atoms with E-state index in [-0.39, 0.29) is 6.04 Å². The third-order valence-corrected chi connectivity index (χ3v) is 5.26. The number of nitrogens with zero attached hydrogens (tertiary/aromatic N) is 5. The first-order valence-corrected chi connectivity index (χ1v) is 9.57. The summed E-state index contributed by atoms with van der Waals surface area (Å²) in [6.07, 6.45) is 5.20. The fourth-order valence-corrected chi connectivity index (χ4v) is 3.81. The van der Waals surface area contributed by atoms with E-state index in [1.54, 1.807) is 18.6 Å². The molecule has 0 radical (unpaired) electrons. The number of H-pyrrole nitrogens is 1. The minimum atomic E-state index is 0.222. The number of hydrogen-bond donors (Lipinski definition) is 2. The predicted molar refractivity (Wildman–Crippen MR) is 112 cm³/mol. The van der Waals surface area contributed by atoms with Gasteiger partial charge >= 0.3 is 0 Å². The zero-order chi connectivity index (χ0) is 19.8. The Hall–Kier alpha value is -3.52. The zero-order valence-corrected chi connectivity index (χ0v) is 16.0. The molecule has 0 spiro atoms. The number of ether oxygens (including phenoxy) is 1. The third-order valence-electron chi connectivity index (χ3n) is 5.26. The molecule has 0 unspecified atom stereocenters. The largest absolute Gasteiger partial charge is 0.383 e. The summed E-state index contributed by atoms with van der Waals surface area (Å²) >= 11 is 0. The smallest absolute Gasteiger partial charge is 0.131 e. The highest BCUT2D eigenvalue weighted by molar-refractivity contribution is 6.03. The summed E-state index contributed by atoms with van der Waals surface area (Å²) in [5, 5.41) is 8.04. The molecule has 8 heteroatoms. The lowest BCUT2D eigenvalue weighted by molar-refractivity contribution is 0.0986. The van der Waals surface area contributed by atoms with Gasteiger partial charge in [0.2, 0.25) is 0 Å². The molecule has 8 nitrogen and oxygen atoms in total. The molecule has 4 aromatic heterocycles. The lowest BCUT2D eigenvalue weighted by Gasteiger charge is -2.34. The van der Waals surface area contributed by atoms with Gasteiger partial charge in [-0.3, -0.25) is 10.1 Å². The zero-order valence-electron chi connectivity index (χ0n) is 16.0. The van der Waals surface area contributed by atoms with Gasteiger partial charge in [0.1, 0.15) is 22.8 Å². The molecule has 146 valence electrons. The Morgan fingerprint density at radius 1 is 1.14 bits per heavy atom. The Balaban J connectivity index is 1.80. The van der Waals surface area contributed by atoms with Gasteiger partial charge in [0, 0.05) is 36.1 Å². The van der Waals surface area contributed by atoms with Crippen molar-refractivity contribution in [2.45, 2.75) is 13.0 Å². The maximum absolute atomic E-state index is 6.24. The van der Waals surface area contributed by atoms with E-state index in [9.17, 15) is 0 Å². The van der Waals surface area contributed by atoms with Gasteiger partial charge in [0.05, 0.1) is 24.9 Å². The molecule has 29 heavy (non-hydrogen) atoms. The number of rotatable bonds is 3. The molecular formula is C21H21N7O. The van der Waals surface area contributed by atoms with Crippen LogP contribution in [0.1, 0.15) is 6.92 Å². The number of aromatic nitrogens is 5. The van der Waals surface area contributed by atoms with Crippen LogP contribution in [-0.2, 0) is 4.74 Å². The molecule has 0 amide bonds. The van der Waals surface area contributed by atoms with Crippen LogP contribution in [0.25, 0.3) is 33.4 Å². The number of nitrogens with two attached hydrogens (primary N) is 1. The fourth-order valence-electron chi connectivity index (χ4n) is 3.81. The normalized spacial score (nSPS) is 17.0. The number of nitrogens with one attached hydrogen (secondary N) is 1. The maximum Gasteiger partial charge on any atom is 0.131 e. The predicted octanol–water partition coefficient (Wildman–Crippen LogP) is 2.89. The van der Waals surface area contributed by atoms with Crippen molar-refractivity contribution < 1.29 is 4.74 Å². The molecule has 1 aliphatic heterocycles. The van der Waals surface area contributed by atoms with E-state index in [2.05, 4.69) is 38.1 Å². The van der Waals surface area contributed by atoms with Gasteiger partial charge < -0.3 is 15.4 Å². The summed E-state index contributed by atoms with van der Waals surface area (Å²) in [4.78, 5) is 16.2. The van der Waals surface area contributed by atoms with Gasteiger partial charge in [0.15, 0.2) is 0 Å². The fraction of sp³-hybridized carbons (Fsp3) is 0.238. The van der Waals surface area contributed by atoms with Crippen molar-refractivity contribution in [2.75, 3.05) is 30.4 Å². The Morgan fingerprint density at radius 2 is 2.07 bits per heavy atom. The summed E-state index contributed by atoms with van der Waals surface area (Å²) in [6, 6.07) is 10.1. The van der Waals surface area contributed by atoms with Gasteiger partial charge in [-0.2, -0.15) is 5.10 Å². The number of pyridine rings is 3. The Kier molecular flexibility index (Phi) is 4.33. The quantitative estimate of drug-likeness (QED) is 0.557. The molecule has 5 heterocycles. The monoisotopic (exact) mass is 387 g/mol. The summed E-state index contributed by atoms with van der Waals surface area (Å²) < 4.78 is 5.61. The van der Waals surface area contributed by atoms with Crippen LogP contribution in [0.5, 0.6) is 0 Å². The van der Waals surface area contributed by atoms with Crippen molar-refractivity contribution in [3.8, 4) is 22.5 Å². The molecular weight excluding hydrogens is 366 g/mol. The molecule has 1 saturated heterocycles. The van der Waals surface area contributed by atoms with E-state index in [0.717, 1.165) is 45.8 Å². The van der Waals surface area contributed by atoms with Gasteiger partial charge in [0.25, 0.3) is 0 Å². The molecule has 0 aliphatic carbocycles. The van der Waals surface area contributed by atoms with E-state index in [0.29, 0.717) is 19.0 Å². The average molecular weight is 387 g/mol. The van der Waals surface area contributed by atoms with Crippen molar-refractivity contribution in [1.82, 2.24) is 25.1 Å². The average Bonchev–Trinajstić information content (AvgIpc) is 3.28. The lowest BCUT2D eigenvalue weighted by atomic mass is 10.0. The minimum Gasteiger partial charge on any atom is -0.383 e. The molecule has 0 saturated carbocycles. The number of fused-ring (bicyclic) bond motifs is 1. The molecule has 3 N–H and O–H groups in total. The number of nitrogen functional groups attached to an aromatic ring is 1. The minimum absolute atomic E-state index is 0.222. The van der Waals surface area contributed by atoms with Crippen LogP contribution >= 0.6 is 0 Å². The number of morpholine rings is 1. The van der Waals surface area contributed by atoms with Crippen LogP contribution in [0, 0.1) is 0 Å². The van der Waals surface area contributed by atoms with Gasteiger partial charge in [-0.1, -0.05) is 0 Å². The first kappa shape index (κ1) is 17.6. The van der Waals surface area contributed by atoms with Crippen LogP contribution < -0.4 is 10.6 Å². The van der Waals surface area contributed by atoms with Crippen LogP contribution in [0.4, 0.5) is 11.6 Å². The van der Waals surface area contributed by atoms with E-state index in [1.807, 2.05) is 24.3 Å². The lowest BCUT2D eigenvalue weighted by Crippen LogP contribution is -2.44. The summed E-state index contributed by atoms with van der Waals surface area (Å²) in [6.45, 7) is 4.27. The van der Waals surface area contributed by atoms with Crippen molar-refractivity contribution in [3.63, 3.8) is 0 Å². The molecule has 1 fully saturated rings. The molecule has 1 aliphatic rings. The highest BCUT2D eigenvalue weighted by Gasteiger charge is 2.23. The molecule has 0 bridgehead atoms. The van der Waals surface area contributed by atoms with Crippen LogP contribution in [0.3, 0.4) is 0 Å². The standard InChI is InChI=1S/C21H21N7O/c1-13-12-29-10-9-28(13)18-11-16(15-3-2-6-24-21(15)22)14-4-7-23-20(19(14)26-18)17-5-8-25-27-17/h2-8,11,13H,9-10,12H2,1H3,(H2,22,24)(H,25,27)/t13-/m1/s1. The van der Waals surface area contributed by atoms with Gasteiger partial charge in [-0.05, 0) is 42.8 Å². The second kappa shape index (κ2) is 7.14. The Morgan fingerprint density at radius 3 is 2.86 bits per heavy atom. The maximum atomic E-state index is 6.24.